The summed E-state index contributed by atoms with van der Waals surface area (Å²) in [6.45, 7) is 1.90. The van der Waals surface area contributed by atoms with Gasteiger partial charge < -0.3 is 42.0 Å². The summed E-state index contributed by atoms with van der Waals surface area (Å²) in [5.41, 5.74) is 7.07. The van der Waals surface area contributed by atoms with E-state index in [1.54, 1.807) is 6.20 Å². The average molecular weight is 463 g/mol. The Bertz CT molecular complexity index is 1000. The van der Waals surface area contributed by atoms with Crippen LogP contribution in [0.5, 0.6) is 0 Å². The summed E-state index contributed by atoms with van der Waals surface area (Å²) in [5.74, 6) is -3.77. The van der Waals surface area contributed by atoms with E-state index in [0.717, 1.165) is 10.9 Å². The van der Waals surface area contributed by atoms with Crippen molar-refractivity contribution >= 4 is 34.6 Å². The number of amides is 3. The van der Waals surface area contributed by atoms with Crippen molar-refractivity contribution < 1.29 is 34.5 Å². The standard InChI is InChI=1S/C21H29N5O7/c1-10(27)17(22)20(32)26-18(11(2)28)21(33)25-15(19(31)24-9-16(29)30)7-12-8-23-14-6-4-3-5-13(12)14/h3-6,8,10-11,15,17-18,23,27-28H,7,9,22H2,1-2H3,(H,24,31)(H,25,33)(H,26,32)(H,29,30). The molecule has 12 heteroatoms. The van der Waals surface area contributed by atoms with E-state index in [1.807, 2.05) is 24.3 Å². The SMILES string of the molecule is CC(O)C(N)C(=O)NC(C(=O)NC(Cc1c[nH]c2ccccc12)C(=O)NCC(=O)O)C(C)O. The van der Waals surface area contributed by atoms with Gasteiger partial charge in [-0.2, -0.15) is 0 Å². The second-order valence-electron chi connectivity index (χ2n) is 7.73. The number of aliphatic carboxylic acids is 1. The topological polar surface area (TPSA) is 207 Å². The van der Waals surface area contributed by atoms with Crippen molar-refractivity contribution in [1.82, 2.24) is 20.9 Å². The number of carbonyl (C=O) groups is 4. The van der Waals surface area contributed by atoms with E-state index >= 15 is 0 Å². The lowest BCUT2D eigenvalue weighted by molar-refractivity contribution is -0.139. The highest BCUT2D eigenvalue weighted by Gasteiger charge is 2.32. The van der Waals surface area contributed by atoms with Crippen LogP contribution in [0.1, 0.15) is 19.4 Å². The van der Waals surface area contributed by atoms with Crippen molar-refractivity contribution in [2.24, 2.45) is 5.73 Å². The van der Waals surface area contributed by atoms with E-state index in [1.165, 1.54) is 13.8 Å². The van der Waals surface area contributed by atoms with Gasteiger partial charge in [0.25, 0.3) is 0 Å². The lowest BCUT2D eigenvalue weighted by atomic mass is 10.0. The fraction of sp³-hybridized carbons (Fsp3) is 0.429. The van der Waals surface area contributed by atoms with Gasteiger partial charge in [-0.05, 0) is 25.5 Å². The van der Waals surface area contributed by atoms with Crippen LogP contribution in [-0.4, -0.2) is 80.9 Å². The summed E-state index contributed by atoms with van der Waals surface area (Å²) in [5, 5.41) is 36.1. The first-order chi connectivity index (χ1) is 15.5. The van der Waals surface area contributed by atoms with Crippen LogP contribution >= 0.6 is 0 Å². The Labute approximate surface area is 189 Å². The predicted molar refractivity (Wildman–Crippen MR) is 118 cm³/mol. The number of aromatic amines is 1. The van der Waals surface area contributed by atoms with Gasteiger partial charge in [-0.1, -0.05) is 18.2 Å². The number of hydrogen-bond donors (Lipinski definition) is 8. The summed E-state index contributed by atoms with van der Waals surface area (Å²) in [7, 11) is 0. The predicted octanol–water partition coefficient (Wildman–Crippen LogP) is -2.03. The minimum absolute atomic E-state index is 0.00880. The molecule has 0 aliphatic carbocycles. The number of nitrogens with two attached hydrogens (primary N) is 1. The summed E-state index contributed by atoms with van der Waals surface area (Å²) in [6, 6.07) is 3.28. The van der Waals surface area contributed by atoms with E-state index in [2.05, 4.69) is 20.9 Å². The zero-order valence-corrected chi connectivity index (χ0v) is 18.2. The van der Waals surface area contributed by atoms with E-state index in [-0.39, 0.29) is 6.42 Å². The maximum atomic E-state index is 12.9. The van der Waals surface area contributed by atoms with Gasteiger partial charge in [0, 0.05) is 23.5 Å². The number of carbonyl (C=O) groups excluding carboxylic acids is 3. The largest absolute Gasteiger partial charge is 0.480 e. The second kappa shape index (κ2) is 11.4. The number of hydrogen-bond acceptors (Lipinski definition) is 7. The fourth-order valence-electron chi connectivity index (χ4n) is 3.15. The molecule has 5 unspecified atom stereocenters. The first-order valence-electron chi connectivity index (χ1n) is 10.3. The monoisotopic (exact) mass is 463 g/mol. The number of benzene rings is 1. The molecule has 1 aromatic carbocycles. The Morgan fingerprint density at radius 2 is 1.67 bits per heavy atom. The molecule has 5 atom stereocenters. The zero-order valence-electron chi connectivity index (χ0n) is 18.2. The van der Waals surface area contributed by atoms with E-state index in [0.29, 0.717) is 5.56 Å². The Morgan fingerprint density at radius 3 is 2.27 bits per heavy atom. The van der Waals surface area contributed by atoms with Crippen LogP contribution in [0.15, 0.2) is 30.5 Å². The summed E-state index contributed by atoms with van der Waals surface area (Å²) in [4.78, 5) is 51.6. The molecule has 0 fully saturated rings. The third kappa shape index (κ3) is 7.00. The molecule has 33 heavy (non-hydrogen) atoms. The first kappa shape index (κ1) is 25.8. The lowest BCUT2D eigenvalue weighted by Crippen LogP contribution is -2.60. The van der Waals surface area contributed by atoms with Gasteiger partial charge in [0.15, 0.2) is 0 Å². The number of para-hydroxylation sites is 1. The minimum atomic E-state index is -1.47. The molecule has 0 radical (unpaired) electrons. The number of carboxylic acid groups (broad SMARTS) is 1. The Hall–Kier alpha value is -3.48. The number of nitrogens with one attached hydrogen (secondary N) is 4. The van der Waals surface area contributed by atoms with Gasteiger partial charge >= 0.3 is 5.97 Å². The number of fused-ring (bicyclic) bond motifs is 1. The van der Waals surface area contributed by atoms with Crippen molar-refractivity contribution in [3.63, 3.8) is 0 Å². The van der Waals surface area contributed by atoms with Crippen LogP contribution in [0.3, 0.4) is 0 Å². The van der Waals surface area contributed by atoms with Crippen LogP contribution < -0.4 is 21.7 Å². The highest BCUT2D eigenvalue weighted by Crippen LogP contribution is 2.19. The molecule has 0 saturated carbocycles. The molecule has 9 N–H and O–H groups in total. The quantitative estimate of drug-likeness (QED) is 0.186. The summed E-state index contributed by atoms with van der Waals surface area (Å²) >= 11 is 0. The highest BCUT2D eigenvalue weighted by molar-refractivity contribution is 5.94. The highest BCUT2D eigenvalue weighted by atomic mass is 16.4. The zero-order chi connectivity index (χ0) is 24.7. The second-order valence-corrected chi connectivity index (χ2v) is 7.73. The third-order valence-electron chi connectivity index (χ3n) is 5.03. The number of H-pyrrole nitrogens is 1. The van der Waals surface area contributed by atoms with Crippen LogP contribution in [0.25, 0.3) is 10.9 Å². The molecule has 12 nitrogen and oxygen atoms in total. The van der Waals surface area contributed by atoms with Gasteiger partial charge in [0.2, 0.25) is 17.7 Å². The van der Waals surface area contributed by atoms with E-state index < -0.39 is 60.6 Å². The smallest absolute Gasteiger partial charge is 0.322 e. The van der Waals surface area contributed by atoms with Crippen LogP contribution in [0.4, 0.5) is 0 Å². The summed E-state index contributed by atoms with van der Waals surface area (Å²) in [6.07, 6.45) is -0.872. The Kier molecular flexibility index (Phi) is 8.91. The van der Waals surface area contributed by atoms with Crippen molar-refractivity contribution in [1.29, 1.82) is 0 Å². The van der Waals surface area contributed by atoms with Crippen molar-refractivity contribution in [3.05, 3.63) is 36.0 Å². The van der Waals surface area contributed by atoms with Crippen molar-refractivity contribution in [2.75, 3.05) is 6.54 Å². The molecule has 1 heterocycles. The molecule has 0 bridgehead atoms. The fourth-order valence-corrected chi connectivity index (χ4v) is 3.15. The third-order valence-corrected chi connectivity index (χ3v) is 5.03. The Balaban J connectivity index is 2.23. The molecule has 180 valence electrons. The van der Waals surface area contributed by atoms with Gasteiger partial charge in [0.1, 0.15) is 24.7 Å². The van der Waals surface area contributed by atoms with E-state index in [9.17, 15) is 29.4 Å². The average Bonchev–Trinajstić information content (AvgIpc) is 3.16. The minimum Gasteiger partial charge on any atom is -0.480 e. The maximum absolute atomic E-state index is 12.9. The first-order valence-corrected chi connectivity index (χ1v) is 10.3. The molecule has 1 aromatic heterocycles. The van der Waals surface area contributed by atoms with Crippen LogP contribution in [-0.2, 0) is 25.6 Å². The van der Waals surface area contributed by atoms with E-state index in [4.69, 9.17) is 10.8 Å². The molecule has 2 aromatic rings. The molecule has 0 saturated heterocycles. The van der Waals surface area contributed by atoms with Gasteiger partial charge in [0.05, 0.1) is 12.2 Å². The maximum Gasteiger partial charge on any atom is 0.322 e. The number of aliphatic hydroxyl groups excluding tert-OH is 2. The normalized spacial score (nSPS) is 15.7. The molecule has 2 rings (SSSR count). The van der Waals surface area contributed by atoms with Crippen LogP contribution in [0, 0.1) is 0 Å². The van der Waals surface area contributed by atoms with Crippen LogP contribution in [0.2, 0.25) is 0 Å². The number of carboxylic acids is 1. The molecule has 0 spiro atoms. The molecule has 3 amide bonds. The summed E-state index contributed by atoms with van der Waals surface area (Å²) < 4.78 is 0. The lowest BCUT2D eigenvalue weighted by Gasteiger charge is -2.26. The van der Waals surface area contributed by atoms with Gasteiger partial charge in [-0.15, -0.1) is 0 Å². The van der Waals surface area contributed by atoms with Crippen molar-refractivity contribution in [3.8, 4) is 0 Å². The molecular formula is C21H29N5O7. The number of aromatic nitrogens is 1. The number of rotatable bonds is 11. The molecule has 0 aliphatic rings. The molecular weight excluding hydrogens is 434 g/mol. The molecule has 0 aliphatic heterocycles. The van der Waals surface area contributed by atoms with Gasteiger partial charge in [-0.25, -0.2) is 0 Å². The van der Waals surface area contributed by atoms with Crippen molar-refractivity contribution in [2.45, 2.75) is 50.6 Å². The number of aliphatic hydroxyl groups is 2. The van der Waals surface area contributed by atoms with Gasteiger partial charge in [-0.3, -0.25) is 19.2 Å². The Morgan fingerprint density at radius 1 is 1.00 bits per heavy atom.